The fraction of sp³-hybridized carbons (Fsp3) is 0.615. The Labute approximate surface area is 107 Å². The molecule has 2 unspecified atom stereocenters. The van der Waals surface area contributed by atoms with Crippen molar-refractivity contribution in [1.82, 2.24) is 4.98 Å². The Bertz CT molecular complexity index is 359. The van der Waals surface area contributed by atoms with Crippen molar-refractivity contribution < 1.29 is 9.47 Å². The van der Waals surface area contributed by atoms with Gasteiger partial charge in [-0.25, -0.2) is 0 Å². The van der Waals surface area contributed by atoms with Crippen LogP contribution in [0.1, 0.15) is 31.4 Å². The summed E-state index contributed by atoms with van der Waals surface area (Å²) in [6.45, 7) is 0. The summed E-state index contributed by atoms with van der Waals surface area (Å²) < 4.78 is 11.3. The van der Waals surface area contributed by atoms with E-state index < -0.39 is 0 Å². The van der Waals surface area contributed by atoms with Crippen molar-refractivity contribution in [1.29, 1.82) is 0 Å². The molecule has 0 aliphatic heterocycles. The summed E-state index contributed by atoms with van der Waals surface area (Å²) in [7, 11) is 1.77. The molecule has 17 heavy (non-hydrogen) atoms. The van der Waals surface area contributed by atoms with Gasteiger partial charge in [0.15, 0.2) is 0 Å². The fourth-order valence-corrected chi connectivity index (χ4v) is 2.36. The van der Waals surface area contributed by atoms with Gasteiger partial charge in [-0.1, -0.05) is 0 Å². The number of methoxy groups -OCH3 is 1. The second-order valence-electron chi connectivity index (χ2n) is 4.38. The van der Waals surface area contributed by atoms with E-state index in [1.165, 1.54) is 0 Å². The molecule has 2 rings (SSSR count). The molecule has 1 aliphatic rings. The maximum absolute atomic E-state index is 5.95. The minimum Gasteiger partial charge on any atom is -0.490 e. The summed E-state index contributed by atoms with van der Waals surface area (Å²) in [5.74, 6) is 1.28. The van der Waals surface area contributed by atoms with Crippen molar-refractivity contribution in [3.8, 4) is 5.75 Å². The van der Waals surface area contributed by atoms with Crippen molar-refractivity contribution in [2.45, 2.75) is 43.8 Å². The van der Waals surface area contributed by atoms with E-state index in [-0.39, 0.29) is 6.10 Å². The molecule has 1 saturated carbocycles. The molecular weight excluding hydrogens is 238 g/mol. The van der Waals surface area contributed by atoms with E-state index in [9.17, 15) is 0 Å². The van der Waals surface area contributed by atoms with Crippen LogP contribution in [-0.2, 0) is 10.6 Å². The van der Waals surface area contributed by atoms with Crippen LogP contribution in [0.2, 0.25) is 0 Å². The highest BCUT2D eigenvalue weighted by Gasteiger charge is 2.23. The molecule has 1 aliphatic carbocycles. The van der Waals surface area contributed by atoms with E-state index in [0.29, 0.717) is 12.0 Å². The quantitative estimate of drug-likeness (QED) is 0.775. The third-order valence-corrected chi connectivity index (χ3v) is 3.41. The van der Waals surface area contributed by atoms with E-state index in [4.69, 9.17) is 21.1 Å². The predicted octanol–water partition coefficient (Wildman–Crippen LogP) is 3.16. The highest BCUT2D eigenvalue weighted by atomic mass is 35.5. The molecule has 0 bridgehead atoms. The standard InChI is InChI=1S/C13H18ClNO2/c1-16-11-3-2-4-12(8-11)17-13-5-6-15-10(7-13)9-14/h5-7,11-12H,2-4,8-9H2,1H3. The largest absolute Gasteiger partial charge is 0.490 e. The fourth-order valence-electron chi connectivity index (χ4n) is 2.22. The summed E-state index contributed by atoms with van der Waals surface area (Å²) in [6.07, 6.45) is 6.69. The van der Waals surface area contributed by atoms with Gasteiger partial charge in [-0.05, 0) is 25.3 Å². The number of ether oxygens (including phenoxy) is 2. The van der Waals surface area contributed by atoms with Gasteiger partial charge in [0.1, 0.15) is 11.9 Å². The number of rotatable bonds is 4. The van der Waals surface area contributed by atoms with Crippen LogP contribution in [0.15, 0.2) is 18.3 Å². The Morgan fingerprint density at radius 3 is 3.00 bits per heavy atom. The molecule has 3 nitrogen and oxygen atoms in total. The van der Waals surface area contributed by atoms with Crippen molar-refractivity contribution in [2.24, 2.45) is 0 Å². The zero-order chi connectivity index (χ0) is 12.1. The first-order valence-electron chi connectivity index (χ1n) is 6.02. The van der Waals surface area contributed by atoms with Gasteiger partial charge in [-0.2, -0.15) is 0 Å². The average Bonchev–Trinajstić information content (AvgIpc) is 2.39. The third-order valence-electron chi connectivity index (χ3n) is 3.14. The smallest absolute Gasteiger partial charge is 0.123 e. The predicted molar refractivity (Wildman–Crippen MR) is 67.5 cm³/mol. The first-order chi connectivity index (χ1) is 8.31. The molecule has 0 saturated heterocycles. The molecule has 1 fully saturated rings. The molecule has 2 atom stereocenters. The van der Waals surface area contributed by atoms with Gasteiger partial charge in [0.25, 0.3) is 0 Å². The molecule has 1 aromatic heterocycles. The van der Waals surface area contributed by atoms with Crippen LogP contribution >= 0.6 is 11.6 Å². The van der Waals surface area contributed by atoms with E-state index >= 15 is 0 Å². The van der Waals surface area contributed by atoms with E-state index in [1.807, 2.05) is 12.1 Å². The molecule has 0 N–H and O–H groups in total. The lowest BCUT2D eigenvalue weighted by Gasteiger charge is -2.28. The number of hydrogen-bond donors (Lipinski definition) is 0. The van der Waals surface area contributed by atoms with Crippen LogP contribution in [0, 0.1) is 0 Å². The Balaban J connectivity index is 1.95. The van der Waals surface area contributed by atoms with Gasteiger partial charge in [-0.3, -0.25) is 4.98 Å². The SMILES string of the molecule is COC1CCCC(Oc2ccnc(CCl)c2)C1. The summed E-state index contributed by atoms with van der Waals surface area (Å²) >= 11 is 5.75. The van der Waals surface area contributed by atoms with Gasteiger partial charge in [0.05, 0.1) is 17.7 Å². The summed E-state index contributed by atoms with van der Waals surface area (Å²) in [6, 6.07) is 3.79. The van der Waals surface area contributed by atoms with E-state index in [1.54, 1.807) is 13.3 Å². The lowest BCUT2D eigenvalue weighted by atomic mass is 9.95. The molecule has 1 heterocycles. The minimum absolute atomic E-state index is 0.249. The molecule has 94 valence electrons. The zero-order valence-corrected chi connectivity index (χ0v) is 10.8. The number of nitrogens with zero attached hydrogens (tertiary/aromatic N) is 1. The van der Waals surface area contributed by atoms with Crippen LogP contribution in [-0.4, -0.2) is 24.3 Å². The summed E-state index contributed by atoms with van der Waals surface area (Å²) in [5.41, 5.74) is 0.850. The van der Waals surface area contributed by atoms with Crippen molar-refractivity contribution in [3.05, 3.63) is 24.0 Å². The van der Waals surface area contributed by atoms with Gasteiger partial charge in [-0.15, -0.1) is 11.6 Å². The minimum atomic E-state index is 0.249. The first kappa shape index (κ1) is 12.7. The molecule has 1 aromatic rings. The molecule has 0 amide bonds. The average molecular weight is 256 g/mol. The molecule has 4 heteroatoms. The van der Waals surface area contributed by atoms with Gasteiger partial charge in [0.2, 0.25) is 0 Å². The van der Waals surface area contributed by atoms with Crippen LogP contribution in [0.5, 0.6) is 5.75 Å². The highest BCUT2D eigenvalue weighted by Crippen LogP contribution is 2.25. The first-order valence-corrected chi connectivity index (χ1v) is 6.55. The maximum atomic E-state index is 5.95. The Morgan fingerprint density at radius 1 is 1.41 bits per heavy atom. The lowest BCUT2D eigenvalue weighted by molar-refractivity contribution is 0.0209. The van der Waals surface area contributed by atoms with Crippen molar-refractivity contribution in [2.75, 3.05) is 7.11 Å². The number of pyridine rings is 1. The monoisotopic (exact) mass is 255 g/mol. The van der Waals surface area contributed by atoms with Crippen molar-refractivity contribution in [3.63, 3.8) is 0 Å². The second kappa shape index (κ2) is 6.22. The van der Waals surface area contributed by atoms with Gasteiger partial charge < -0.3 is 9.47 Å². The normalized spacial score (nSPS) is 24.6. The Hall–Kier alpha value is -0.800. The molecule has 0 spiro atoms. The van der Waals surface area contributed by atoms with E-state index in [0.717, 1.165) is 37.1 Å². The molecule has 0 aromatic carbocycles. The highest BCUT2D eigenvalue weighted by molar-refractivity contribution is 6.16. The molecule has 0 radical (unpaired) electrons. The number of hydrogen-bond acceptors (Lipinski definition) is 3. The van der Waals surface area contributed by atoms with Crippen LogP contribution in [0.25, 0.3) is 0 Å². The lowest BCUT2D eigenvalue weighted by Crippen LogP contribution is -2.29. The second-order valence-corrected chi connectivity index (χ2v) is 4.65. The Kier molecular flexibility index (Phi) is 4.63. The van der Waals surface area contributed by atoms with Crippen molar-refractivity contribution >= 4 is 11.6 Å². The zero-order valence-electron chi connectivity index (χ0n) is 10.1. The van der Waals surface area contributed by atoms with E-state index in [2.05, 4.69) is 4.98 Å². The number of aromatic nitrogens is 1. The summed E-state index contributed by atoms with van der Waals surface area (Å²) in [4.78, 5) is 4.15. The van der Waals surface area contributed by atoms with Crippen LogP contribution < -0.4 is 4.74 Å². The third kappa shape index (κ3) is 3.58. The number of halogens is 1. The van der Waals surface area contributed by atoms with Crippen LogP contribution in [0.3, 0.4) is 0 Å². The number of alkyl halides is 1. The maximum Gasteiger partial charge on any atom is 0.123 e. The van der Waals surface area contributed by atoms with Gasteiger partial charge >= 0.3 is 0 Å². The Morgan fingerprint density at radius 2 is 2.24 bits per heavy atom. The molecular formula is C13H18ClNO2. The topological polar surface area (TPSA) is 31.4 Å². The summed E-state index contributed by atoms with van der Waals surface area (Å²) in [5, 5.41) is 0. The van der Waals surface area contributed by atoms with Gasteiger partial charge in [0, 0.05) is 25.8 Å². The van der Waals surface area contributed by atoms with Crippen LogP contribution in [0.4, 0.5) is 0 Å².